The highest BCUT2D eigenvalue weighted by Gasteiger charge is 2.09. The monoisotopic (exact) mass is 312 g/mol. The topological polar surface area (TPSA) is 93.8 Å². The van der Waals surface area contributed by atoms with E-state index in [0.29, 0.717) is 12.4 Å². The predicted molar refractivity (Wildman–Crippen MR) is 71.6 cm³/mol. The fourth-order valence-corrected chi connectivity index (χ4v) is 1.95. The second kappa shape index (κ2) is 5.83. The van der Waals surface area contributed by atoms with Crippen molar-refractivity contribution in [1.29, 1.82) is 0 Å². The minimum Gasteiger partial charge on any atom is -0.391 e. The van der Waals surface area contributed by atoms with Crippen LogP contribution < -0.4 is 11.0 Å². The van der Waals surface area contributed by atoms with Crippen molar-refractivity contribution in [2.24, 2.45) is 0 Å². The number of aliphatic hydroxyl groups excluding tert-OH is 1. The Morgan fingerprint density at radius 1 is 1.44 bits per heavy atom. The molecule has 0 aliphatic rings. The van der Waals surface area contributed by atoms with Gasteiger partial charge in [0, 0.05) is 23.1 Å². The first-order valence-electron chi connectivity index (χ1n) is 5.45. The molecule has 2 rings (SSSR count). The van der Waals surface area contributed by atoms with Crippen LogP contribution in [0.3, 0.4) is 0 Å². The average molecular weight is 313 g/mol. The summed E-state index contributed by atoms with van der Waals surface area (Å²) in [5.74, 6) is 0.446. The largest absolute Gasteiger partial charge is 0.391 e. The molecule has 1 heterocycles. The Balaban J connectivity index is 1.87. The van der Waals surface area contributed by atoms with E-state index in [9.17, 15) is 9.90 Å². The number of halogens is 1. The molecule has 0 bridgehead atoms. The van der Waals surface area contributed by atoms with Gasteiger partial charge in [-0.3, -0.25) is 4.98 Å². The van der Waals surface area contributed by atoms with E-state index in [-0.39, 0.29) is 12.1 Å². The molecule has 0 radical (unpaired) electrons. The number of para-hydroxylation sites is 1. The van der Waals surface area contributed by atoms with Crippen LogP contribution in [0, 0.1) is 0 Å². The third kappa shape index (κ3) is 3.44. The van der Waals surface area contributed by atoms with Gasteiger partial charge in [0.15, 0.2) is 0 Å². The summed E-state index contributed by atoms with van der Waals surface area (Å²) in [6.07, 6.45) is -0.341. The highest BCUT2D eigenvalue weighted by Crippen LogP contribution is 2.20. The molecule has 0 fully saturated rings. The highest BCUT2D eigenvalue weighted by atomic mass is 79.9. The molecule has 4 N–H and O–H groups in total. The molecular formula is C11H13BrN4O2. The summed E-state index contributed by atoms with van der Waals surface area (Å²) >= 11 is 3.41. The van der Waals surface area contributed by atoms with E-state index in [0.717, 1.165) is 10.2 Å². The Hall–Kier alpha value is -1.60. The van der Waals surface area contributed by atoms with Crippen LogP contribution in [0.2, 0.25) is 0 Å². The molecule has 1 aromatic heterocycles. The molecule has 18 heavy (non-hydrogen) atoms. The summed E-state index contributed by atoms with van der Waals surface area (Å²) < 4.78 is 0.936. The Labute approximate surface area is 112 Å². The van der Waals surface area contributed by atoms with Crippen molar-refractivity contribution in [3.05, 3.63) is 45.0 Å². The molecule has 1 aromatic carbocycles. The van der Waals surface area contributed by atoms with Gasteiger partial charge in [-0.15, -0.1) is 0 Å². The van der Waals surface area contributed by atoms with Crippen LogP contribution in [0.25, 0.3) is 0 Å². The maximum absolute atomic E-state index is 10.8. The van der Waals surface area contributed by atoms with Gasteiger partial charge in [0.1, 0.15) is 5.82 Å². The van der Waals surface area contributed by atoms with Gasteiger partial charge in [0.25, 0.3) is 0 Å². The smallest absolute Gasteiger partial charge is 0.340 e. The average Bonchev–Trinajstić information content (AvgIpc) is 2.74. The first kappa shape index (κ1) is 12.8. The molecule has 0 saturated carbocycles. The number of aliphatic hydroxyl groups is 1. The number of anilines is 1. The van der Waals surface area contributed by atoms with Crippen molar-refractivity contribution in [2.45, 2.75) is 12.5 Å². The lowest BCUT2D eigenvalue weighted by Gasteiger charge is -2.12. The second-order valence-corrected chi connectivity index (χ2v) is 4.70. The first-order valence-corrected chi connectivity index (χ1v) is 6.24. The molecule has 0 aliphatic carbocycles. The SMILES string of the molecule is O=c1[nH]nc(CC(O)CNc2ccccc2Br)[nH]1. The zero-order valence-corrected chi connectivity index (χ0v) is 11.1. The van der Waals surface area contributed by atoms with Crippen LogP contribution >= 0.6 is 15.9 Å². The molecule has 96 valence electrons. The quantitative estimate of drug-likeness (QED) is 0.659. The number of nitrogens with zero attached hydrogens (tertiary/aromatic N) is 1. The molecule has 6 nitrogen and oxygen atoms in total. The summed E-state index contributed by atoms with van der Waals surface area (Å²) in [6, 6.07) is 7.65. The van der Waals surface area contributed by atoms with Crippen LogP contribution in [0.4, 0.5) is 5.69 Å². The van der Waals surface area contributed by atoms with Gasteiger partial charge >= 0.3 is 5.69 Å². The Bertz CT molecular complexity index is 566. The minimum atomic E-state index is -0.629. The van der Waals surface area contributed by atoms with Crippen LogP contribution in [0.5, 0.6) is 0 Å². The van der Waals surface area contributed by atoms with E-state index in [2.05, 4.69) is 36.4 Å². The van der Waals surface area contributed by atoms with Crippen molar-refractivity contribution in [3.8, 4) is 0 Å². The lowest BCUT2D eigenvalue weighted by atomic mass is 10.2. The van der Waals surface area contributed by atoms with Crippen molar-refractivity contribution >= 4 is 21.6 Å². The number of aromatic amines is 2. The number of nitrogens with one attached hydrogen (secondary N) is 3. The summed E-state index contributed by atoms with van der Waals surface area (Å²) in [7, 11) is 0. The molecule has 1 atom stereocenters. The highest BCUT2D eigenvalue weighted by molar-refractivity contribution is 9.10. The third-order valence-corrected chi connectivity index (χ3v) is 3.07. The number of benzene rings is 1. The predicted octanol–water partition coefficient (Wildman–Crippen LogP) is 0.876. The molecule has 2 aromatic rings. The van der Waals surface area contributed by atoms with Crippen LogP contribution in [-0.2, 0) is 6.42 Å². The lowest BCUT2D eigenvalue weighted by molar-refractivity contribution is 0.185. The van der Waals surface area contributed by atoms with Gasteiger partial charge in [-0.1, -0.05) is 12.1 Å². The van der Waals surface area contributed by atoms with Crippen molar-refractivity contribution in [3.63, 3.8) is 0 Å². The molecule has 0 amide bonds. The number of hydrogen-bond donors (Lipinski definition) is 4. The Morgan fingerprint density at radius 3 is 2.89 bits per heavy atom. The fraction of sp³-hybridized carbons (Fsp3) is 0.273. The lowest BCUT2D eigenvalue weighted by Crippen LogP contribution is -2.22. The molecule has 0 saturated heterocycles. The van der Waals surface area contributed by atoms with Gasteiger partial charge in [-0.2, -0.15) is 5.10 Å². The summed E-state index contributed by atoms with van der Waals surface area (Å²) in [4.78, 5) is 13.3. The molecule has 1 unspecified atom stereocenters. The maximum atomic E-state index is 10.8. The minimum absolute atomic E-state index is 0.288. The molecule has 0 aliphatic heterocycles. The van der Waals surface area contributed by atoms with Gasteiger partial charge in [-0.05, 0) is 28.1 Å². The van der Waals surface area contributed by atoms with Gasteiger partial charge in [0.05, 0.1) is 6.10 Å². The molecule has 0 spiro atoms. The normalized spacial score (nSPS) is 12.3. The van der Waals surface area contributed by atoms with Gasteiger partial charge in [0.2, 0.25) is 0 Å². The van der Waals surface area contributed by atoms with Crippen molar-refractivity contribution in [1.82, 2.24) is 15.2 Å². The van der Waals surface area contributed by atoms with Crippen molar-refractivity contribution < 1.29 is 5.11 Å². The Kier molecular flexibility index (Phi) is 4.16. The van der Waals surface area contributed by atoms with E-state index in [1.165, 1.54) is 0 Å². The van der Waals surface area contributed by atoms with Crippen LogP contribution in [0.1, 0.15) is 5.82 Å². The third-order valence-electron chi connectivity index (χ3n) is 2.38. The van der Waals surface area contributed by atoms with E-state index < -0.39 is 6.10 Å². The summed E-state index contributed by atoms with van der Waals surface area (Å²) in [6.45, 7) is 0.373. The second-order valence-electron chi connectivity index (χ2n) is 3.84. The van der Waals surface area contributed by atoms with Crippen LogP contribution in [0.15, 0.2) is 33.5 Å². The van der Waals surface area contributed by atoms with E-state index in [1.54, 1.807) is 0 Å². The molecular weight excluding hydrogens is 300 g/mol. The number of rotatable bonds is 5. The van der Waals surface area contributed by atoms with Gasteiger partial charge in [-0.25, -0.2) is 9.89 Å². The van der Waals surface area contributed by atoms with Gasteiger partial charge < -0.3 is 10.4 Å². The number of aromatic nitrogens is 3. The summed E-state index contributed by atoms with van der Waals surface area (Å²) in [5.41, 5.74) is 0.544. The van der Waals surface area contributed by atoms with Crippen LogP contribution in [-0.4, -0.2) is 32.9 Å². The van der Waals surface area contributed by atoms with E-state index in [4.69, 9.17) is 0 Å². The zero-order valence-electron chi connectivity index (χ0n) is 9.48. The van der Waals surface area contributed by atoms with E-state index >= 15 is 0 Å². The number of H-pyrrole nitrogens is 2. The van der Waals surface area contributed by atoms with E-state index in [1.807, 2.05) is 24.3 Å². The first-order chi connectivity index (χ1) is 8.65. The summed E-state index contributed by atoms with van der Waals surface area (Å²) in [5, 5.41) is 18.9. The number of hydrogen-bond acceptors (Lipinski definition) is 4. The maximum Gasteiger partial charge on any atom is 0.340 e. The molecule has 7 heteroatoms. The fourth-order valence-electron chi connectivity index (χ4n) is 1.53. The standard InChI is InChI=1S/C11H13BrN4O2/c12-8-3-1-2-4-9(8)13-6-7(17)5-10-14-11(18)16-15-10/h1-4,7,13,17H,5-6H2,(H2,14,15,16,18). The van der Waals surface area contributed by atoms with Crippen molar-refractivity contribution in [2.75, 3.05) is 11.9 Å². The zero-order chi connectivity index (χ0) is 13.0. The Morgan fingerprint density at radius 2 is 2.22 bits per heavy atom.